The summed E-state index contributed by atoms with van der Waals surface area (Å²) in [6.07, 6.45) is 1.91. The van der Waals surface area contributed by atoms with E-state index in [1.165, 1.54) is 0 Å². The molecule has 5 rings (SSSR count). The summed E-state index contributed by atoms with van der Waals surface area (Å²) in [7, 11) is 1.63. The minimum atomic E-state index is -0.147. The molecule has 0 saturated carbocycles. The third-order valence-electron chi connectivity index (χ3n) is 5.17. The molecule has 5 aromatic rings. The largest absolute Gasteiger partial charge is 0.495 e. The quantitative estimate of drug-likeness (QED) is 0.373. The van der Waals surface area contributed by atoms with E-state index in [1.807, 2.05) is 85.1 Å². The van der Waals surface area contributed by atoms with Gasteiger partial charge in [0.25, 0.3) is 5.91 Å². The second-order valence-corrected chi connectivity index (χ2v) is 7.38. The molecule has 2 heterocycles. The summed E-state index contributed by atoms with van der Waals surface area (Å²) >= 11 is 0. The number of amides is 1. The number of fused-ring (bicyclic) bond motifs is 1. The Kier molecular flexibility index (Phi) is 5.43. The number of nitrogens with zero attached hydrogens (tertiary/aromatic N) is 3. The van der Waals surface area contributed by atoms with E-state index in [-0.39, 0.29) is 5.91 Å². The lowest BCUT2D eigenvalue weighted by Gasteiger charge is -2.08. The van der Waals surface area contributed by atoms with Crippen LogP contribution in [0, 0.1) is 0 Å². The van der Waals surface area contributed by atoms with Gasteiger partial charge in [-0.15, -0.1) is 5.10 Å². The third kappa shape index (κ3) is 4.38. The van der Waals surface area contributed by atoms with E-state index in [0.29, 0.717) is 22.9 Å². The number of anilines is 3. The van der Waals surface area contributed by atoms with Crippen molar-refractivity contribution in [1.82, 2.24) is 14.6 Å². The van der Waals surface area contributed by atoms with Crippen LogP contribution in [0.1, 0.15) is 10.4 Å². The number of ether oxygens (including phenoxy) is 1. The van der Waals surface area contributed by atoms with Crippen molar-refractivity contribution >= 4 is 28.9 Å². The number of pyridine rings is 1. The molecular formula is C26H21N5O2. The van der Waals surface area contributed by atoms with Crippen LogP contribution in [0.4, 0.5) is 17.3 Å². The molecule has 2 aromatic heterocycles. The Labute approximate surface area is 190 Å². The van der Waals surface area contributed by atoms with Crippen molar-refractivity contribution in [2.45, 2.75) is 0 Å². The normalized spacial score (nSPS) is 10.7. The fraction of sp³-hybridized carbons (Fsp3) is 0.0385. The van der Waals surface area contributed by atoms with Crippen molar-refractivity contribution in [3.8, 4) is 16.9 Å². The number of rotatable bonds is 6. The number of carbonyl (C=O) groups is 1. The number of aromatic nitrogens is 3. The van der Waals surface area contributed by atoms with Gasteiger partial charge in [0, 0.05) is 23.0 Å². The number of para-hydroxylation sites is 2. The van der Waals surface area contributed by atoms with E-state index in [9.17, 15) is 4.79 Å². The van der Waals surface area contributed by atoms with Gasteiger partial charge in [-0.3, -0.25) is 4.79 Å². The Hall–Kier alpha value is -4.65. The Balaban J connectivity index is 1.39. The summed E-state index contributed by atoms with van der Waals surface area (Å²) in [6.45, 7) is 0. The van der Waals surface area contributed by atoms with Gasteiger partial charge < -0.3 is 15.4 Å². The average molecular weight is 435 g/mol. The average Bonchev–Trinajstić information content (AvgIpc) is 3.26. The van der Waals surface area contributed by atoms with Gasteiger partial charge in [-0.1, -0.05) is 42.5 Å². The molecule has 0 spiro atoms. The molecule has 0 bridgehead atoms. The molecule has 7 nitrogen and oxygen atoms in total. The van der Waals surface area contributed by atoms with Crippen LogP contribution in [-0.4, -0.2) is 27.6 Å². The van der Waals surface area contributed by atoms with Crippen molar-refractivity contribution in [3.05, 3.63) is 103 Å². The number of benzene rings is 3. The first-order valence-corrected chi connectivity index (χ1v) is 10.4. The highest BCUT2D eigenvalue weighted by atomic mass is 16.5. The fourth-order valence-electron chi connectivity index (χ4n) is 3.54. The van der Waals surface area contributed by atoms with Gasteiger partial charge in [0.1, 0.15) is 5.75 Å². The Morgan fingerprint density at radius 2 is 1.70 bits per heavy atom. The summed E-state index contributed by atoms with van der Waals surface area (Å²) < 4.78 is 7.11. The van der Waals surface area contributed by atoms with E-state index < -0.39 is 0 Å². The van der Waals surface area contributed by atoms with Crippen molar-refractivity contribution < 1.29 is 9.53 Å². The van der Waals surface area contributed by atoms with Gasteiger partial charge in [0.05, 0.1) is 12.8 Å². The zero-order valence-electron chi connectivity index (χ0n) is 17.9. The molecule has 162 valence electrons. The highest BCUT2D eigenvalue weighted by Gasteiger charge is 2.10. The van der Waals surface area contributed by atoms with Crippen LogP contribution in [0.2, 0.25) is 0 Å². The molecule has 0 atom stereocenters. The van der Waals surface area contributed by atoms with Gasteiger partial charge in [-0.05, 0) is 54.1 Å². The molecule has 7 heteroatoms. The molecule has 0 radical (unpaired) electrons. The van der Waals surface area contributed by atoms with E-state index in [1.54, 1.807) is 23.8 Å². The minimum absolute atomic E-state index is 0.147. The van der Waals surface area contributed by atoms with Crippen LogP contribution in [0.25, 0.3) is 16.8 Å². The highest BCUT2D eigenvalue weighted by Crippen LogP contribution is 2.27. The standard InChI is InChI=1S/C26H21N5O2/c1-33-23-13-6-5-12-22(23)28-26-29-24-15-14-20(17-31(24)30-26)19-10-7-11-21(16-19)27-25(32)18-8-3-2-4-9-18/h2-17H,1H3,(H,27,32)(H,28,30). The summed E-state index contributed by atoms with van der Waals surface area (Å²) in [5.41, 5.74) is 4.74. The molecule has 3 aromatic carbocycles. The van der Waals surface area contributed by atoms with Crippen molar-refractivity contribution in [1.29, 1.82) is 0 Å². The van der Waals surface area contributed by atoms with Gasteiger partial charge in [-0.2, -0.15) is 4.98 Å². The second kappa shape index (κ2) is 8.84. The van der Waals surface area contributed by atoms with Gasteiger partial charge in [0.2, 0.25) is 5.95 Å². The Morgan fingerprint density at radius 1 is 0.879 bits per heavy atom. The predicted molar refractivity (Wildman–Crippen MR) is 129 cm³/mol. The zero-order chi connectivity index (χ0) is 22.6. The van der Waals surface area contributed by atoms with Crippen molar-refractivity contribution in [2.75, 3.05) is 17.7 Å². The van der Waals surface area contributed by atoms with Crippen molar-refractivity contribution in [3.63, 3.8) is 0 Å². The maximum absolute atomic E-state index is 12.5. The first-order valence-electron chi connectivity index (χ1n) is 10.4. The van der Waals surface area contributed by atoms with E-state index in [0.717, 1.165) is 22.5 Å². The lowest BCUT2D eigenvalue weighted by Crippen LogP contribution is -2.11. The van der Waals surface area contributed by atoms with E-state index in [2.05, 4.69) is 20.7 Å². The molecule has 1 amide bonds. The minimum Gasteiger partial charge on any atom is -0.495 e. The maximum atomic E-state index is 12.5. The maximum Gasteiger partial charge on any atom is 0.255 e. The van der Waals surface area contributed by atoms with Crippen LogP contribution in [0.3, 0.4) is 0 Å². The topological polar surface area (TPSA) is 80.5 Å². The van der Waals surface area contributed by atoms with Gasteiger partial charge >= 0.3 is 0 Å². The molecule has 2 N–H and O–H groups in total. The van der Waals surface area contributed by atoms with Crippen LogP contribution in [0.15, 0.2) is 97.2 Å². The molecule has 0 aliphatic heterocycles. The molecular weight excluding hydrogens is 414 g/mol. The molecule has 0 fully saturated rings. The Morgan fingerprint density at radius 3 is 2.55 bits per heavy atom. The third-order valence-corrected chi connectivity index (χ3v) is 5.17. The smallest absolute Gasteiger partial charge is 0.255 e. The monoisotopic (exact) mass is 435 g/mol. The number of hydrogen-bond acceptors (Lipinski definition) is 5. The molecule has 0 unspecified atom stereocenters. The summed E-state index contributed by atoms with van der Waals surface area (Å²) in [5, 5.41) is 10.7. The van der Waals surface area contributed by atoms with E-state index >= 15 is 0 Å². The number of nitrogens with one attached hydrogen (secondary N) is 2. The van der Waals surface area contributed by atoms with Crippen LogP contribution < -0.4 is 15.4 Å². The molecule has 0 aliphatic carbocycles. The van der Waals surface area contributed by atoms with E-state index in [4.69, 9.17) is 4.74 Å². The SMILES string of the molecule is COc1ccccc1Nc1nc2ccc(-c3cccc(NC(=O)c4ccccc4)c3)cn2n1. The lowest BCUT2D eigenvalue weighted by atomic mass is 10.1. The first kappa shape index (κ1) is 20.3. The summed E-state index contributed by atoms with van der Waals surface area (Å²) in [5.74, 6) is 1.04. The summed E-state index contributed by atoms with van der Waals surface area (Å²) in [4.78, 5) is 17.0. The van der Waals surface area contributed by atoms with Crippen molar-refractivity contribution in [2.24, 2.45) is 0 Å². The van der Waals surface area contributed by atoms with Gasteiger partial charge in [0.15, 0.2) is 5.65 Å². The number of methoxy groups -OCH3 is 1. The number of hydrogen-bond donors (Lipinski definition) is 2. The molecule has 0 saturated heterocycles. The first-order chi connectivity index (χ1) is 16.2. The predicted octanol–water partition coefficient (Wildman–Crippen LogP) is 5.40. The van der Waals surface area contributed by atoms with Gasteiger partial charge in [-0.25, -0.2) is 4.52 Å². The lowest BCUT2D eigenvalue weighted by molar-refractivity contribution is 0.102. The second-order valence-electron chi connectivity index (χ2n) is 7.38. The van der Waals surface area contributed by atoms with Crippen LogP contribution >= 0.6 is 0 Å². The van der Waals surface area contributed by atoms with Crippen LogP contribution in [-0.2, 0) is 0 Å². The number of carbonyl (C=O) groups excluding carboxylic acids is 1. The summed E-state index contributed by atoms with van der Waals surface area (Å²) in [6, 6.07) is 28.3. The zero-order valence-corrected chi connectivity index (χ0v) is 17.9. The highest BCUT2D eigenvalue weighted by molar-refractivity contribution is 6.04. The molecule has 0 aliphatic rings. The Bertz CT molecular complexity index is 1430. The van der Waals surface area contributed by atoms with Crippen LogP contribution in [0.5, 0.6) is 5.75 Å². The fourth-order valence-corrected chi connectivity index (χ4v) is 3.54. The molecule has 33 heavy (non-hydrogen) atoms.